The van der Waals surface area contributed by atoms with Crippen LogP contribution in [0, 0.1) is 0 Å². The van der Waals surface area contributed by atoms with Crippen LogP contribution in [0.15, 0.2) is 24.3 Å². The summed E-state index contributed by atoms with van der Waals surface area (Å²) in [5.41, 5.74) is 7.11. The van der Waals surface area contributed by atoms with Crippen LogP contribution >= 0.6 is 0 Å². The Balaban J connectivity index is 1.81. The lowest BCUT2D eigenvalue weighted by atomic mass is 9.98. The number of carbonyl (C=O) groups is 1. The van der Waals surface area contributed by atoms with Gasteiger partial charge in [-0.2, -0.15) is 0 Å². The van der Waals surface area contributed by atoms with Crippen molar-refractivity contribution in [2.45, 2.75) is 31.2 Å². The van der Waals surface area contributed by atoms with Gasteiger partial charge in [-0.3, -0.25) is 10.1 Å². The highest BCUT2D eigenvalue weighted by Gasteiger charge is 2.37. The van der Waals surface area contributed by atoms with E-state index >= 15 is 0 Å². The number of anilines is 1. The number of amides is 1. The highest BCUT2D eigenvalue weighted by Crippen LogP contribution is 2.28. The number of aromatic amines is 1. The number of nitrogens with one attached hydrogen (secondary N) is 2. The number of aromatic nitrogens is 2. The summed E-state index contributed by atoms with van der Waals surface area (Å²) >= 11 is 0. The van der Waals surface area contributed by atoms with Gasteiger partial charge in [-0.25, -0.2) is 4.98 Å². The molecule has 94 valence electrons. The van der Waals surface area contributed by atoms with Gasteiger partial charge in [0, 0.05) is 0 Å². The number of rotatable bonds is 2. The monoisotopic (exact) mass is 244 g/mol. The third-order valence-electron chi connectivity index (χ3n) is 3.57. The van der Waals surface area contributed by atoms with E-state index in [1.54, 1.807) is 0 Å². The van der Waals surface area contributed by atoms with Gasteiger partial charge in [0.25, 0.3) is 0 Å². The quantitative estimate of drug-likeness (QED) is 0.752. The van der Waals surface area contributed by atoms with Gasteiger partial charge >= 0.3 is 0 Å². The molecule has 0 aliphatic heterocycles. The summed E-state index contributed by atoms with van der Waals surface area (Å²) in [6.07, 6.45) is 3.53. The van der Waals surface area contributed by atoms with Crippen molar-refractivity contribution in [3.63, 3.8) is 0 Å². The molecule has 3 rings (SSSR count). The molecule has 1 aromatic heterocycles. The van der Waals surface area contributed by atoms with Crippen molar-refractivity contribution in [2.75, 3.05) is 5.32 Å². The first-order valence-electron chi connectivity index (χ1n) is 6.22. The number of para-hydroxylation sites is 2. The molecule has 1 amide bonds. The molecule has 0 unspecified atom stereocenters. The molecule has 2 aromatic rings. The summed E-state index contributed by atoms with van der Waals surface area (Å²) in [6, 6.07) is 7.66. The number of nitrogens with zero attached hydrogens (tertiary/aromatic N) is 1. The SMILES string of the molecule is NC1(C(=O)Nc2nc3ccccc3[nH]2)CCCC1. The molecule has 1 aromatic carbocycles. The average molecular weight is 244 g/mol. The standard InChI is InChI=1S/C13H16N4O/c14-13(7-3-4-8-13)11(18)17-12-15-9-5-1-2-6-10(9)16-12/h1-2,5-6H,3-4,7-8,14H2,(H2,15,16,17,18). The first kappa shape index (κ1) is 11.2. The largest absolute Gasteiger partial charge is 0.324 e. The second-order valence-electron chi connectivity index (χ2n) is 4.92. The van der Waals surface area contributed by atoms with Gasteiger partial charge in [-0.15, -0.1) is 0 Å². The van der Waals surface area contributed by atoms with E-state index < -0.39 is 5.54 Å². The van der Waals surface area contributed by atoms with Gasteiger partial charge in [0.2, 0.25) is 11.9 Å². The van der Waals surface area contributed by atoms with Crippen LogP contribution in [0.3, 0.4) is 0 Å². The van der Waals surface area contributed by atoms with Crippen LogP contribution in [0.2, 0.25) is 0 Å². The zero-order valence-electron chi connectivity index (χ0n) is 10.1. The van der Waals surface area contributed by atoms with E-state index in [1.165, 1.54) is 0 Å². The average Bonchev–Trinajstić information content (AvgIpc) is 2.95. The maximum absolute atomic E-state index is 12.1. The van der Waals surface area contributed by atoms with Crippen molar-refractivity contribution in [1.29, 1.82) is 0 Å². The summed E-state index contributed by atoms with van der Waals surface area (Å²) < 4.78 is 0. The fourth-order valence-electron chi connectivity index (χ4n) is 2.48. The zero-order chi connectivity index (χ0) is 12.6. The Hall–Kier alpha value is -1.88. The van der Waals surface area contributed by atoms with Gasteiger partial charge in [0.15, 0.2) is 0 Å². The lowest BCUT2D eigenvalue weighted by Crippen LogP contribution is -2.48. The van der Waals surface area contributed by atoms with Crippen LogP contribution in [0.25, 0.3) is 11.0 Å². The smallest absolute Gasteiger partial charge is 0.246 e. The number of benzene rings is 1. The number of carbonyl (C=O) groups excluding carboxylic acids is 1. The minimum Gasteiger partial charge on any atom is -0.324 e. The number of nitrogens with two attached hydrogens (primary N) is 1. The maximum atomic E-state index is 12.1. The predicted molar refractivity (Wildman–Crippen MR) is 70.1 cm³/mol. The molecule has 1 fully saturated rings. The molecule has 1 aliphatic rings. The molecular formula is C13H16N4O. The van der Waals surface area contributed by atoms with Crippen LogP contribution in [0.1, 0.15) is 25.7 Å². The Morgan fingerprint density at radius 2 is 2.06 bits per heavy atom. The minimum absolute atomic E-state index is 0.140. The predicted octanol–water partition coefficient (Wildman–Crippen LogP) is 1.77. The molecule has 0 saturated heterocycles. The molecule has 5 heteroatoms. The second-order valence-corrected chi connectivity index (χ2v) is 4.92. The van der Waals surface area contributed by atoms with E-state index in [0.29, 0.717) is 5.95 Å². The summed E-state index contributed by atoms with van der Waals surface area (Å²) in [4.78, 5) is 19.5. The fourth-order valence-corrected chi connectivity index (χ4v) is 2.48. The molecule has 0 bridgehead atoms. The highest BCUT2D eigenvalue weighted by atomic mass is 16.2. The number of H-pyrrole nitrogens is 1. The Morgan fingerprint density at radius 1 is 1.33 bits per heavy atom. The maximum Gasteiger partial charge on any atom is 0.246 e. The normalized spacial score (nSPS) is 18.1. The fraction of sp³-hybridized carbons (Fsp3) is 0.385. The first-order valence-corrected chi connectivity index (χ1v) is 6.22. The van der Waals surface area contributed by atoms with Crippen molar-refractivity contribution >= 4 is 22.9 Å². The molecule has 0 spiro atoms. The minimum atomic E-state index is -0.723. The van der Waals surface area contributed by atoms with Gasteiger partial charge in [-0.1, -0.05) is 25.0 Å². The van der Waals surface area contributed by atoms with Crippen LogP contribution in [0.4, 0.5) is 5.95 Å². The lowest BCUT2D eigenvalue weighted by molar-refractivity contribution is -0.121. The Kier molecular flexibility index (Phi) is 2.56. The van der Waals surface area contributed by atoms with E-state index in [0.717, 1.165) is 36.7 Å². The number of hydrogen-bond acceptors (Lipinski definition) is 3. The number of imidazole rings is 1. The van der Waals surface area contributed by atoms with Gasteiger partial charge < -0.3 is 10.7 Å². The highest BCUT2D eigenvalue weighted by molar-refractivity contribution is 5.97. The molecule has 5 nitrogen and oxygen atoms in total. The Morgan fingerprint density at radius 3 is 2.78 bits per heavy atom. The summed E-state index contributed by atoms with van der Waals surface area (Å²) in [7, 11) is 0. The van der Waals surface area contributed by atoms with Crippen LogP contribution in [0.5, 0.6) is 0 Å². The van der Waals surface area contributed by atoms with Crippen LogP contribution < -0.4 is 11.1 Å². The van der Waals surface area contributed by atoms with Gasteiger partial charge in [0.05, 0.1) is 16.6 Å². The third kappa shape index (κ3) is 1.86. The topological polar surface area (TPSA) is 83.8 Å². The van der Waals surface area contributed by atoms with Crippen LogP contribution in [-0.2, 0) is 4.79 Å². The van der Waals surface area contributed by atoms with Crippen molar-refractivity contribution in [3.05, 3.63) is 24.3 Å². The third-order valence-corrected chi connectivity index (χ3v) is 3.57. The van der Waals surface area contributed by atoms with Crippen molar-refractivity contribution in [1.82, 2.24) is 9.97 Å². The molecule has 1 saturated carbocycles. The first-order chi connectivity index (χ1) is 8.67. The number of hydrogen-bond donors (Lipinski definition) is 3. The number of fused-ring (bicyclic) bond motifs is 1. The molecule has 18 heavy (non-hydrogen) atoms. The van der Waals surface area contributed by atoms with E-state index in [2.05, 4.69) is 15.3 Å². The second kappa shape index (κ2) is 4.10. The molecule has 4 N–H and O–H groups in total. The molecule has 1 aliphatic carbocycles. The van der Waals surface area contributed by atoms with Gasteiger partial charge in [-0.05, 0) is 25.0 Å². The lowest BCUT2D eigenvalue weighted by Gasteiger charge is -2.21. The Labute approximate surface area is 105 Å². The van der Waals surface area contributed by atoms with E-state index in [1.807, 2.05) is 24.3 Å². The van der Waals surface area contributed by atoms with Crippen molar-refractivity contribution in [2.24, 2.45) is 5.73 Å². The summed E-state index contributed by atoms with van der Waals surface area (Å²) in [6.45, 7) is 0. The van der Waals surface area contributed by atoms with Crippen molar-refractivity contribution in [3.8, 4) is 0 Å². The van der Waals surface area contributed by atoms with Crippen LogP contribution in [-0.4, -0.2) is 21.4 Å². The Bertz CT molecular complexity index is 550. The van der Waals surface area contributed by atoms with E-state index in [9.17, 15) is 4.79 Å². The molecular weight excluding hydrogens is 228 g/mol. The van der Waals surface area contributed by atoms with E-state index in [4.69, 9.17) is 5.73 Å². The summed E-state index contributed by atoms with van der Waals surface area (Å²) in [5, 5.41) is 2.78. The van der Waals surface area contributed by atoms with Gasteiger partial charge in [0.1, 0.15) is 0 Å². The summed E-state index contributed by atoms with van der Waals surface area (Å²) in [5.74, 6) is 0.331. The van der Waals surface area contributed by atoms with E-state index in [-0.39, 0.29) is 5.91 Å². The van der Waals surface area contributed by atoms with Crippen molar-refractivity contribution < 1.29 is 4.79 Å². The molecule has 0 radical (unpaired) electrons. The molecule has 0 atom stereocenters. The zero-order valence-corrected chi connectivity index (χ0v) is 10.1. The molecule has 1 heterocycles.